The van der Waals surface area contributed by atoms with E-state index in [1.54, 1.807) is 49.4 Å². The van der Waals surface area contributed by atoms with E-state index in [0.29, 0.717) is 17.0 Å². The van der Waals surface area contributed by atoms with Gasteiger partial charge in [0.05, 0.1) is 11.9 Å². The monoisotopic (exact) mass is 408 g/mol. The van der Waals surface area contributed by atoms with E-state index >= 15 is 0 Å². The number of rotatable bonds is 5. The minimum absolute atomic E-state index is 0.435. The summed E-state index contributed by atoms with van der Waals surface area (Å²) in [5.41, 5.74) is 2.40. The molecule has 1 heterocycles. The Morgan fingerprint density at radius 3 is 2.31 bits per heavy atom. The minimum atomic E-state index is -3.65. The number of amides is 1. The van der Waals surface area contributed by atoms with Gasteiger partial charge in [-0.1, -0.05) is 36.4 Å². The Morgan fingerprint density at radius 1 is 0.931 bits per heavy atom. The summed E-state index contributed by atoms with van der Waals surface area (Å²) in [5.74, 6) is -0.435. The van der Waals surface area contributed by atoms with Crippen molar-refractivity contribution in [2.45, 2.75) is 13.0 Å². The fourth-order valence-corrected chi connectivity index (χ4v) is 4.61. The molecule has 1 N–H and O–H groups in total. The first-order chi connectivity index (χ1) is 13.8. The summed E-state index contributed by atoms with van der Waals surface area (Å²) in [6.45, 7) is 1.56. The molecule has 0 spiro atoms. The molecular formula is C22H20N2O4S. The third-order valence-corrected chi connectivity index (χ3v) is 5.99. The van der Waals surface area contributed by atoms with Gasteiger partial charge in [-0.3, -0.25) is 9.10 Å². The minimum Gasteiger partial charge on any atom is -0.456 e. The van der Waals surface area contributed by atoms with E-state index in [2.05, 4.69) is 5.32 Å². The Labute approximate surface area is 168 Å². The molecule has 0 saturated heterocycles. The highest BCUT2D eigenvalue weighted by Gasteiger charge is 2.29. The van der Waals surface area contributed by atoms with Crippen molar-refractivity contribution in [3.8, 4) is 0 Å². The fourth-order valence-electron chi connectivity index (χ4n) is 3.43. The van der Waals surface area contributed by atoms with Crippen LogP contribution in [-0.4, -0.2) is 26.6 Å². The van der Waals surface area contributed by atoms with Gasteiger partial charge >= 0.3 is 0 Å². The van der Waals surface area contributed by atoms with Gasteiger partial charge in [-0.15, -0.1) is 0 Å². The van der Waals surface area contributed by atoms with Crippen molar-refractivity contribution in [3.05, 3.63) is 72.8 Å². The van der Waals surface area contributed by atoms with Gasteiger partial charge in [0, 0.05) is 22.5 Å². The van der Waals surface area contributed by atoms with E-state index in [1.807, 2.05) is 30.3 Å². The molecule has 0 saturated carbocycles. The molecule has 0 unspecified atom stereocenters. The Balaban J connectivity index is 1.63. The van der Waals surface area contributed by atoms with E-state index in [9.17, 15) is 13.2 Å². The summed E-state index contributed by atoms with van der Waals surface area (Å²) >= 11 is 0. The molecular weight excluding hydrogens is 388 g/mol. The van der Waals surface area contributed by atoms with Crippen LogP contribution >= 0.6 is 0 Å². The van der Waals surface area contributed by atoms with Gasteiger partial charge in [-0.05, 0) is 37.3 Å². The molecule has 0 fully saturated rings. The number of fused-ring (bicyclic) bond motifs is 3. The second-order valence-electron chi connectivity index (χ2n) is 6.87. The molecule has 0 aliphatic carbocycles. The molecule has 29 heavy (non-hydrogen) atoms. The quantitative estimate of drug-likeness (QED) is 0.531. The SMILES string of the molecule is C[C@@H](C(=O)Nc1ccc2c(c1)oc1ccccc12)N(c1ccccc1)S(C)(=O)=O. The van der Waals surface area contributed by atoms with E-state index in [4.69, 9.17) is 4.42 Å². The van der Waals surface area contributed by atoms with Crippen molar-refractivity contribution in [3.63, 3.8) is 0 Å². The highest BCUT2D eigenvalue weighted by molar-refractivity contribution is 7.92. The molecule has 148 valence electrons. The number of nitrogens with one attached hydrogen (secondary N) is 1. The zero-order chi connectivity index (χ0) is 20.6. The first-order valence-electron chi connectivity index (χ1n) is 9.11. The summed E-state index contributed by atoms with van der Waals surface area (Å²) in [6.07, 6.45) is 1.09. The molecule has 0 radical (unpaired) electrons. The lowest BCUT2D eigenvalue weighted by molar-refractivity contribution is -0.116. The van der Waals surface area contributed by atoms with Crippen molar-refractivity contribution in [1.82, 2.24) is 0 Å². The van der Waals surface area contributed by atoms with Gasteiger partial charge in [-0.2, -0.15) is 0 Å². The van der Waals surface area contributed by atoms with Crippen LogP contribution in [-0.2, 0) is 14.8 Å². The maximum Gasteiger partial charge on any atom is 0.247 e. The predicted molar refractivity (Wildman–Crippen MR) is 116 cm³/mol. The zero-order valence-corrected chi connectivity index (χ0v) is 16.8. The van der Waals surface area contributed by atoms with Crippen molar-refractivity contribution >= 4 is 49.2 Å². The fraction of sp³-hybridized carbons (Fsp3) is 0.136. The van der Waals surface area contributed by atoms with E-state index in [0.717, 1.165) is 26.9 Å². The largest absolute Gasteiger partial charge is 0.456 e. The summed E-state index contributed by atoms with van der Waals surface area (Å²) < 4.78 is 31.6. The lowest BCUT2D eigenvalue weighted by Gasteiger charge is -2.28. The predicted octanol–water partition coefficient (Wildman–Crippen LogP) is 4.38. The first-order valence-corrected chi connectivity index (χ1v) is 11.0. The number of benzene rings is 3. The molecule has 3 aromatic carbocycles. The lowest BCUT2D eigenvalue weighted by Crippen LogP contribution is -2.45. The lowest BCUT2D eigenvalue weighted by atomic mass is 10.1. The molecule has 1 atom stereocenters. The molecule has 0 aliphatic rings. The van der Waals surface area contributed by atoms with Crippen LogP contribution in [0, 0.1) is 0 Å². The average Bonchev–Trinajstić information content (AvgIpc) is 3.05. The van der Waals surface area contributed by atoms with Crippen molar-refractivity contribution < 1.29 is 17.6 Å². The number of nitrogens with zero attached hydrogens (tertiary/aromatic N) is 1. The average molecular weight is 408 g/mol. The topological polar surface area (TPSA) is 79.6 Å². The van der Waals surface area contributed by atoms with Gasteiger partial charge in [0.1, 0.15) is 17.2 Å². The van der Waals surface area contributed by atoms with Crippen LogP contribution in [0.5, 0.6) is 0 Å². The standard InChI is InChI=1S/C22H20N2O4S/c1-15(24(29(2,26)27)17-8-4-3-5-9-17)22(25)23-16-12-13-19-18-10-6-7-11-20(18)28-21(19)14-16/h3-15H,1-2H3,(H,23,25)/t15-/m0/s1. The molecule has 0 bridgehead atoms. The van der Waals surface area contributed by atoms with Gasteiger partial charge in [-0.25, -0.2) is 8.42 Å². The third kappa shape index (κ3) is 3.69. The Hall–Kier alpha value is -3.32. The van der Waals surface area contributed by atoms with Crippen molar-refractivity contribution in [2.24, 2.45) is 0 Å². The number of sulfonamides is 1. The number of anilines is 2. The van der Waals surface area contributed by atoms with Crippen LogP contribution < -0.4 is 9.62 Å². The van der Waals surface area contributed by atoms with Crippen molar-refractivity contribution in [2.75, 3.05) is 15.9 Å². The van der Waals surface area contributed by atoms with Crippen LogP contribution in [0.15, 0.2) is 77.2 Å². The van der Waals surface area contributed by atoms with Gasteiger partial charge < -0.3 is 9.73 Å². The van der Waals surface area contributed by atoms with Crippen LogP contribution in [0.3, 0.4) is 0 Å². The number of hydrogen-bond donors (Lipinski definition) is 1. The summed E-state index contributed by atoms with van der Waals surface area (Å²) in [4.78, 5) is 12.8. The normalized spacial score (nSPS) is 12.8. The van der Waals surface area contributed by atoms with Crippen molar-refractivity contribution in [1.29, 1.82) is 0 Å². The molecule has 1 aromatic heterocycles. The molecule has 1 amide bonds. The molecule has 0 aliphatic heterocycles. The maximum absolute atomic E-state index is 12.8. The summed E-state index contributed by atoms with van der Waals surface area (Å²) in [5, 5.41) is 4.75. The first kappa shape index (κ1) is 19.0. The second-order valence-corrected chi connectivity index (χ2v) is 8.73. The number of para-hydroxylation sites is 2. The Kier molecular flexibility index (Phi) is 4.76. The van der Waals surface area contributed by atoms with Crippen LogP contribution in [0.1, 0.15) is 6.92 Å². The number of carbonyl (C=O) groups excluding carboxylic acids is 1. The number of carbonyl (C=O) groups is 1. The van der Waals surface area contributed by atoms with E-state index in [1.165, 1.54) is 0 Å². The number of hydrogen-bond acceptors (Lipinski definition) is 4. The van der Waals surface area contributed by atoms with E-state index in [-0.39, 0.29) is 0 Å². The smallest absolute Gasteiger partial charge is 0.247 e. The zero-order valence-electron chi connectivity index (χ0n) is 16.0. The van der Waals surface area contributed by atoms with Gasteiger partial charge in [0.2, 0.25) is 15.9 Å². The summed E-state index contributed by atoms with van der Waals surface area (Å²) in [6, 6.07) is 20.7. The molecule has 7 heteroatoms. The van der Waals surface area contributed by atoms with Crippen LogP contribution in [0.2, 0.25) is 0 Å². The molecule has 4 rings (SSSR count). The van der Waals surface area contributed by atoms with Crippen LogP contribution in [0.25, 0.3) is 21.9 Å². The van der Waals surface area contributed by atoms with Crippen LogP contribution in [0.4, 0.5) is 11.4 Å². The van der Waals surface area contributed by atoms with E-state index < -0.39 is 22.0 Å². The highest BCUT2D eigenvalue weighted by Crippen LogP contribution is 2.30. The Morgan fingerprint density at radius 2 is 1.59 bits per heavy atom. The van der Waals surface area contributed by atoms with Gasteiger partial charge in [0.25, 0.3) is 0 Å². The van der Waals surface area contributed by atoms with Gasteiger partial charge in [0.15, 0.2) is 0 Å². The third-order valence-electron chi connectivity index (χ3n) is 4.75. The maximum atomic E-state index is 12.8. The molecule has 4 aromatic rings. The number of furan rings is 1. The summed E-state index contributed by atoms with van der Waals surface area (Å²) in [7, 11) is -3.65. The second kappa shape index (κ2) is 7.25. The molecule has 6 nitrogen and oxygen atoms in total. The Bertz CT molecular complexity index is 1300. The highest BCUT2D eigenvalue weighted by atomic mass is 32.2.